The van der Waals surface area contributed by atoms with Gasteiger partial charge >= 0.3 is 0 Å². The van der Waals surface area contributed by atoms with E-state index in [0.717, 1.165) is 5.25 Å². The number of rotatable bonds is 4. The molecule has 1 aromatic rings. The van der Waals surface area contributed by atoms with Gasteiger partial charge in [-0.15, -0.1) is 11.8 Å². The first kappa shape index (κ1) is 10.7. The summed E-state index contributed by atoms with van der Waals surface area (Å²) >= 11 is 2.10. The van der Waals surface area contributed by atoms with Crippen LogP contribution in [0.15, 0.2) is 29.2 Å². The summed E-state index contributed by atoms with van der Waals surface area (Å²) in [5.41, 5.74) is 2.21. The highest BCUT2D eigenvalue weighted by molar-refractivity contribution is 8.00. The molecule has 1 saturated carbocycles. The number of fused-ring (bicyclic) bond motifs is 1. The molecule has 2 aliphatic rings. The predicted molar refractivity (Wildman–Crippen MR) is 70.0 cm³/mol. The first-order chi connectivity index (χ1) is 7.81. The maximum atomic E-state index is 3.36. The summed E-state index contributed by atoms with van der Waals surface area (Å²) < 4.78 is 0. The second kappa shape index (κ2) is 4.08. The topological polar surface area (TPSA) is 12.0 Å². The van der Waals surface area contributed by atoms with E-state index in [2.05, 4.69) is 48.4 Å². The van der Waals surface area contributed by atoms with Gasteiger partial charge in [0, 0.05) is 16.7 Å². The van der Waals surface area contributed by atoms with Crippen LogP contribution in [0.25, 0.3) is 0 Å². The molecule has 1 unspecified atom stereocenters. The van der Waals surface area contributed by atoms with Gasteiger partial charge in [-0.05, 0) is 49.8 Å². The molecule has 1 fully saturated rings. The van der Waals surface area contributed by atoms with Gasteiger partial charge in [0.2, 0.25) is 0 Å². The third kappa shape index (κ3) is 2.01. The van der Waals surface area contributed by atoms with Crippen molar-refractivity contribution >= 4 is 11.8 Å². The lowest BCUT2D eigenvalue weighted by molar-refractivity contribution is 0.437. The Morgan fingerprint density at radius 1 is 1.38 bits per heavy atom. The monoisotopic (exact) mass is 233 g/mol. The van der Waals surface area contributed by atoms with E-state index in [-0.39, 0.29) is 0 Å². The lowest BCUT2D eigenvalue weighted by atomic mass is 9.97. The van der Waals surface area contributed by atoms with Gasteiger partial charge < -0.3 is 5.32 Å². The lowest BCUT2D eigenvalue weighted by Crippen LogP contribution is -2.23. The molecule has 0 spiro atoms. The van der Waals surface area contributed by atoms with Crippen LogP contribution in [0.4, 0.5) is 0 Å². The normalized spacial score (nSPS) is 25.4. The van der Waals surface area contributed by atoms with Crippen LogP contribution >= 0.6 is 11.8 Å². The minimum atomic E-state index is 0.647. The highest BCUT2D eigenvalue weighted by Crippen LogP contribution is 2.53. The van der Waals surface area contributed by atoms with E-state index in [9.17, 15) is 0 Å². The van der Waals surface area contributed by atoms with Gasteiger partial charge in [-0.1, -0.05) is 18.2 Å². The number of benzene rings is 1. The average molecular weight is 233 g/mol. The Morgan fingerprint density at radius 3 is 2.88 bits per heavy atom. The van der Waals surface area contributed by atoms with Crippen molar-refractivity contribution < 1.29 is 0 Å². The SMILES string of the molecule is CNCC1(CC2Cc3ccccc3S2)CC1. The minimum Gasteiger partial charge on any atom is -0.319 e. The fourth-order valence-corrected chi connectivity index (χ4v) is 4.37. The molecule has 1 N–H and O–H groups in total. The van der Waals surface area contributed by atoms with Crippen molar-refractivity contribution in [2.45, 2.75) is 35.8 Å². The quantitative estimate of drug-likeness (QED) is 0.857. The van der Waals surface area contributed by atoms with Crippen molar-refractivity contribution in [2.75, 3.05) is 13.6 Å². The molecule has 86 valence electrons. The highest BCUT2D eigenvalue weighted by atomic mass is 32.2. The molecule has 0 saturated heterocycles. The van der Waals surface area contributed by atoms with Gasteiger partial charge in [0.25, 0.3) is 0 Å². The molecule has 1 aliphatic heterocycles. The number of hydrogen-bond donors (Lipinski definition) is 1. The molecular formula is C14H19NS. The van der Waals surface area contributed by atoms with Crippen LogP contribution < -0.4 is 5.32 Å². The van der Waals surface area contributed by atoms with Gasteiger partial charge in [-0.3, -0.25) is 0 Å². The zero-order valence-corrected chi connectivity index (χ0v) is 10.6. The second-order valence-corrected chi connectivity index (χ2v) is 6.63. The Hall–Kier alpha value is -0.470. The summed E-state index contributed by atoms with van der Waals surface area (Å²) in [7, 11) is 2.08. The summed E-state index contributed by atoms with van der Waals surface area (Å²) in [6.07, 6.45) is 5.54. The predicted octanol–water partition coefficient (Wildman–Crippen LogP) is 3.09. The number of thioether (sulfide) groups is 1. The Morgan fingerprint density at radius 2 is 2.19 bits per heavy atom. The van der Waals surface area contributed by atoms with E-state index in [1.807, 2.05) is 0 Å². The molecule has 1 nitrogen and oxygen atoms in total. The van der Waals surface area contributed by atoms with E-state index >= 15 is 0 Å². The first-order valence-corrected chi connectivity index (χ1v) is 7.08. The zero-order valence-electron chi connectivity index (χ0n) is 9.83. The van der Waals surface area contributed by atoms with E-state index in [1.165, 1.54) is 37.1 Å². The Balaban J connectivity index is 1.64. The molecule has 2 heteroatoms. The van der Waals surface area contributed by atoms with E-state index in [1.54, 1.807) is 5.56 Å². The maximum absolute atomic E-state index is 3.36. The molecule has 3 rings (SSSR count). The summed E-state index contributed by atoms with van der Waals surface area (Å²) in [5, 5.41) is 4.18. The summed E-state index contributed by atoms with van der Waals surface area (Å²) in [5.74, 6) is 0. The number of hydrogen-bond acceptors (Lipinski definition) is 2. The fraction of sp³-hybridized carbons (Fsp3) is 0.571. The van der Waals surface area contributed by atoms with E-state index < -0.39 is 0 Å². The lowest BCUT2D eigenvalue weighted by Gasteiger charge is -2.18. The third-order valence-corrected chi connectivity index (χ3v) is 5.20. The van der Waals surface area contributed by atoms with Crippen LogP contribution in [-0.4, -0.2) is 18.8 Å². The fourth-order valence-electron chi connectivity index (χ4n) is 2.86. The molecule has 0 amide bonds. The molecule has 1 aromatic carbocycles. The van der Waals surface area contributed by atoms with Crippen LogP contribution in [0, 0.1) is 5.41 Å². The summed E-state index contributed by atoms with van der Waals surface area (Å²) in [6.45, 7) is 1.21. The largest absolute Gasteiger partial charge is 0.319 e. The van der Waals surface area contributed by atoms with Crippen molar-refractivity contribution in [3.63, 3.8) is 0 Å². The van der Waals surface area contributed by atoms with Crippen LogP contribution in [0.2, 0.25) is 0 Å². The smallest absolute Gasteiger partial charge is 0.0141 e. The average Bonchev–Trinajstić information content (AvgIpc) is 2.91. The van der Waals surface area contributed by atoms with Crippen molar-refractivity contribution in [1.29, 1.82) is 0 Å². The molecular weight excluding hydrogens is 214 g/mol. The van der Waals surface area contributed by atoms with Crippen molar-refractivity contribution in [1.82, 2.24) is 5.32 Å². The zero-order chi connectivity index (χ0) is 11.0. The van der Waals surface area contributed by atoms with Gasteiger partial charge in [0.05, 0.1) is 0 Å². The molecule has 16 heavy (non-hydrogen) atoms. The Bertz CT molecular complexity index is 359. The second-order valence-electron chi connectivity index (χ2n) is 5.29. The van der Waals surface area contributed by atoms with Crippen LogP contribution in [-0.2, 0) is 6.42 Å². The van der Waals surface area contributed by atoms with E-state index in [0.29, 0.717) is 5.41 Å². The van der Waals surface area contributed by atoms with Crippen molar-refractivity contribution in [3.8, 4) is 0 Å². The van der Waals surface area contributed by atoms with E-state index in [4.69, 9.17) is 0 Å². The summed E-state index contributed by atoms with van der Waals surface area (Å²) in [4.78, 5) is 1.52. The Kier molecular flexibility index (Phi) is 2.72. The van der Waals surface area contributed by atoms with Crippen LogP contribution in [0.1, 0.15) is 24.8 Å². The molecule has 0 bridgehead atoms. The van der Waals surface area contributed by atoms with Gasteiger partial charge in [-0.25, -0.2) is 0 Å². The molecule has 1 heterocycles. The number of nitrogens with one attached hydrogen (secondary N) is 1. The molecule has 0 radical (unpaired) electrons. The summed E-state index contributed by atoms with van der Waals surface area (Å²) in [6, 6.07) is 8.90. The van der Waals surface area contributed by atoms with Gasteiger partial charge in [-0.2, -0.15) is 0 Å². The standard InChI is InChI=1S/C14H19NS/c1-15-10-14(6-7-14)9-12-8-11-4-2-3-5-13(11)16-12/h2-5,12,15H,6-10H2,1H3. The van der Waals surface area contributed by atoms with Crippen molar-refractivity contribution in [2.24, 2.45) is 5.41 Å². The van der Waals surface area contributed by atoms with Gasteiger partial charge in [0.15, 0.2) is 0 Å². The highest BCUT2D eigenvalue weighted by Gasteiger charge is 2.44. The third-order valence-electron chi connectivity index (χ3n) is 3.88. The first-order valence-electron chi connectivity index (χ1n) is 6.20. The van der Waals surface area contributed by atoms with Gasteiger partial charge in [0.1, 0.15) is 0 Å². The molecule has 0 aromatic heterocycles. The van der Waals surface area contributed by atoms with Crippen molar-refractivity contribution in [3.05, 3.63) is 29.8 Å². The maximum Gasteiger partial charge on any atom is 0.0141 e. The van der Waals surface area contributed by atoms with Crippen LogP contribution in [0.3, 0.4) is 0 Å². The molecule has 1 atom stereocenters. The van der Waals surface area contributed by atoms with Crippen LogP contribution in [0.5, 0.6) is 0 Å². The molecule has 1 aliphatic carbocycles. The minimum absolute atomic E-state index is 0.647. The Labute approximate surface area is 102 Å².